The molecule has 1 aromatic carbocycles. The first-order chi connectivity index (χ1) is 21.5. The largest absolute Gasteiger partial charge is 0.480 e. The third kappa shape index (κ3) is 10.8. The van der Waals surface area contributed by atoms with Crippen molar-refractivity contribution in [2.24, 2.45) is 11.3 Å². The van der Waals surface area contributed by atoms with Gasteiger partial charge in [0.2, 0.25) is 21.8 Å². The van der Waals surface area contributed by atoms with Gasteiger partial charge in [-0.05, 0) is 43.2 Å². The third-order valence-corrected chi connectivity index (χ3v) is 10.3. The normalized spacial score (nSPS) is 17.5. The Morgan fingerprint density at radius 3 is 2.35 bits per heavy atom. The van der Waals surface area contributed by atoms with E-state index in [1.54, 1.807) is 25.1 Å². The highest BCUT2D eigenvalue weighted by atomic mass is 32.2. The maximum Gasteiger partial charge on any atom is 0.327 e. The number of aliphatic carboxylic acids is 1. The number of sulfonamides is 1. The summed E-state index contributed by atoms with van der Waals surface area (Å²) in [7, 11) is -0.885. The molecule has 0 aromatic heterocycles. The molecule has 1 heterocycles. The Balaban J connectivity index is 2.03. The minimum absolute atomic E-state index is 0.00573. The third-order valence-electron chi connectivity index (χ3n) is 8.43. The van der Waals surface area contributed by atoms with Gasteiger partial charge >= 0.3 is 12.0 Å². The Bertz CT molecular complexity index is 1310. The number of carbonyl (C=O) groups is 4. The summed E-state index contributed by atoms with van der Waals surface area (Å²) < 4.78 is 27.3. The molecule has 4 atom stereocenters. The smallest absolute Gasteiger partial charge is 0.327 e. The molecule has 0 bridgehead atoms. The summed E-state index contributed by atoms with van der Waals surface area (Å²) in [5.74, 6) is -2.47. The highest BCUT2D eigenvalue weighted by Crippen LogP contribution is 2.24. The van der Waals surface area contributed by atoms with Gasteiger partial charge in [-0.15, -0.1) is 0 Å². The Morgan fingerprint density at radius 1 is 1.11 bits per heavy atom. The molecule has 0 saturated carbocycles. The van der Waals surface area contributed by atoms with E-state index in [0.29, 0.717) is 19.4 Å². The van der Waals surface area contributed by atoms with Gasteiger partial charge in [-0.3, -0.25) is 9.59 Å². The Labute approximate surface area is 274 Å². The quantitative estimate of drug-likeness (QED) is 0.180. The zero-order valence-electron chi connectivity index (χ0n) is 28.4. The van der Waals surface area contributed by atoms with Gasteiger partial charge in [0.1, 0.15) is 12.1 Å². The number of hydrogen-bond acceptors (Lipinski definition) is 6. The van der Waals surface area contributed by atoms with Crippen LogP contribution in [0, 0.1) is 11.3 Å². The van der Waals surface area contributed by atoms with Crippen molar-refractivity contribution in [3.05, 3.63) is 42.5 Å². The Hall–Kier alpha value is -3.45. The van der Waals surface area contributed by atoms with Crippen LogP contribution in [-0.4, -0.2) is 103 Å². The zero-order valence-corrected chi connectivity index (χ0v) is 29.2. The van der Waals surface area contributed by atoms with Gasteiger partial charge < -0.3 is 25.5 Å². The molecule has 258 valence electrons. The summed E-state index contributed by atoms with van der Waals surface area (Å²) >= 11 is 0. The summed E-state index contributed by atoms with van der Waals surface area (Å²) in [6, 6.07) is 4.85. The number of carboxylic acid groups (broad SMARTS) is 1. The molecular formula is C33H53N5O7S. The van der Waals surface area contributed by atoms with Crippen molar-refractivity contribution < 1.29 is 32.7 Å². The first kappa shape index (κ1) is 38.7. The van der Waals surface area contributed by atoms with Crippen LogP contribution in [0.15, 0.2) is 47.4 Å². The molecule has 3 N–H and O–H groups in total. The van der Waals surface area contributed by atoms with Gasteiger partial charge in [0.15, 0.2) is 0 Å². The Morgan fingerprint density at radius 2 is 1.76 bits per heavy atom. The first-order valence-corrected chi connectivity index (χ1v) is 17.5. The van der Waals surface area contributed by atoms with Gasteiger partial charge in [-0.1, -0.05) is 77.8 Å². The second kappa shape index (κ2) is 17.5. The van der Waals surface area contributed by atoms with Crippen LogP contribution in [0.2, 0.25) is 0 Å². The van der Waals surface area contributed by atoms with Crippen LogP contribution >= 0.6 is 0 Å². The lowest BCUT2D eigenvalue weighted by atomic mass is 9.87. The number of carbonyl (C=O) groups excluding carboxylic acids is 3. The molecule has 46 heavy (non-hydrogen) atoms. The molecular weight excluding hydrogens is 610 g/mol. The lowest BCUT2D eigenvalue weighted by molar-refractivity contribution is -0.153. The fourth-order valence-electron chi connectivity index (χ4n) is 5.50. The van der Waals surface area contributed by atoms with Crippen LogP contribution in [-0.2, 0) is 24.4 Å². The first-order valence-electron chi connectivity index (χ1n) is 16.0. The van der Waals surface area contributed by atoms with Crippen LogP contribution in [0.1, 0.15) is 73.1 Å². The fraction of sp³-hybridized carbons (Fsp3) is 0.636. The maximum atomic E-state index is 13.5. The molecule has 13 heteroatoms. The number of benzene rings is 1. The van der Waals surface area contributed by atoms with Crippen molar-refractivity contribution in [3.8, 4) is 0 Å². The van der Waals surface area contributed by atoms with E-state index in [1.165, 1.54) is 40.3 Å². The van der Waals surface area contributed by atoms with Crippen molar-refractivity contribution in [2.45, 2.75) is 96.2 Å². The molecule has 12 nitrogen and oxygen atoms in total. The van der Waals surface area contributed by atoms with Crippen molar-refractivity contribution in [1.82, 2.24) is 24.7 Å². The molecule has 1 aliphatic heterocycles. The van der Waals surface area contributed by atoms with Crippen LogP contribution < -0.4 is 10.6 Å². The molecule has 4 amide bonds. The maximum absolute atomic E-state index is 13.5. The van der Waals surface area contributed by atoms with Crippen LogP contribution in [0.3, 0.4) is 0 Å². The summed E-state index contributed by atoms with van der Waals surface area (Å²) in [6.45, 7) is 9.41. The summed E-state index contributed by atoms with van der Waals surface area (Å²) in [6.07, 6.45) is 8.79. The number of urea groups is 1. The van der Waals surface area contributed by atoms with Crippen molar-refractivity contribution in [3.63, 3.8) is 0 Å². The second-order valence-corrected chi connectivity index (χ2v) is 15.1. The summed E-state index contributed by atoms with van der Waals surface area (Å²) in [5, 5.41) is 15.3. The van der Waals surface area contributed by atoms with E-state index in [0.717, 1.165) is 25.7 Å². The standard InChI is InChI=1S/C33H53N5O7S/c1-8-9-10-11-13-17-24(2)29(31(41)42)37(7)30(40)26-20-16-21-38(26)28(39)22-34-32(43)35-27(33(3,4)5)23-36(6)46(44,45)25-18-14-12-15-19-25/h12-15,17-19,24,26-27,29H,8-11,16,20-23H2,1-7H3,(H,41,42)(H2,34,35,43)/b17-13-/t24?,26-,27?,29+/m0/s1. The van der Waals surface area contributed by atoms with E-state index < -0.39 is 63.3 Å². The van der Waals surface area contributed by atoms with Gasteiger partial charge in [0.05, 0.1) is 11.4 Å². The molecule has 1 fully saturated rings. The van der Waals surface area contributed by atoms with Crippen LogP contribution in [0.4, 0.5) is 4.79 Å². The van der Waals surface area contributed by atoms with Gasteiger partial charge in [-0.2, -0.15) is 4.31 Å². The second-order valence-electron chi connectivity index (χ2n) is 13.1. The van der Waals surface area contributed by atoms with E-state index in [4.69, 9.17) is 0 Å². The lowest BCUT2D eigenvalue weighted by Gasteiger charge is -2.34. The number of likely N-dealkylation sites (tertiary alicyclic amines) is 1. The Kier molecular flexibility index (Phi) is 14.7. The molecule has 2 unspecified atom stereocenters. The molecule has 1 saturated heterocycles. The monoisotopic (exact) mass is 663 g/mol. The average molecular weight is 664 g/mol. The van der Waals surface area contributed by atoms with Gasteiger partial charge in [0, 0.05) is 39.1 Å². The number of rotatable bonds is 16. The van der Waals surface area contributed by atoms with Crippen molar-refractivity contribution >= 4 is 33.8 Å². The number of hydrogen-bond donors (Lipinski definition) is 3. The molecule has 0 aliphatic carbocycles. The average Bonchev–Trinajstić information content (AvgIpc) is 3.49. The number of nitrogens with zero attached hydrogens (tertiary/aromatic N) is 3. The molecule has 1 aromatic rings. The van der Waals surface area contributed by atoms with Gasteiger partial charge in [0.25, 0.3) is 0 Å². The highest BCUT2D eigenvalue weighted by Gasteiger charge is 2.40. The minimum atomic E-state index is -3.79. The zero-order chi connectivity index (χ0) is 34.7. The number of allylic oxidation sites excluding steroid dienone is 1. The highest BCUT2D eigenvalue weighted by molar-refractivity contribution is 7.89. The number of amides is 4. The summed E-state index contributed by atoms with van der Waals surface area (Å²) in [5.41, 5.74) is -0.526. The van der Waals surface area contributed by atoms with Crippen molar-refractivity contribution in [2.75, 3.05) is 33.7 Å². The SMILES string of the molecule is CCCCC/C=C\C(C)[C@H](C(=O)O)N(C)C(=O)[C@@H]1CCCN1C(=O)CNC(=O)NC(CN(C)S(=O)(=O)c1ccccc1)C(C)(C)C. The molecule has 0 radical (unpaired) electrons. The van der Waals surface area contributed by atoms with Crippen LogP contribution in [0.25, 0.3) is 0 Å². The van der Waals surface area contributed by atoms with E-state index >= 15 is 0 Å². The minimum Gasteiger partial charge on any atom is -0.480 e. The lowest BCUT2D eigenvalue weighted by Crippen LogP contribution is -2.56. The molecule has 1 aliphatic rings. The van der Waals surface area contributed by atoms with E-state index in [-0.39, 0.29) is 18.0 Å². The number of nitrogens with one attached hydrogen (secondary N) is 2. The molecule has 0 spiro atoms. The predicted molar refractivity (Wildman–Crippen MR) is 177 cm³/mol. The van der Waals surface area contributed by atoms with Crippen molar-refractivity contribution in [1.29, 1.82) is 0 Å². The molecule has 2 rings (SSSR count). The number of carboxylic acids is 1. The summed E-state index contributed by atoms with van der Waals surface area (Å²) in [4.78, 5) is 54.6. The topological polar surface area (TPSA) is 156 Å². The van der Waals surface area contributed by atoms with E-state index in [2.05, 4.69) is 17.6 Å². The van der Waals surface area contributed by atoms with Gasteiger partial charge in [-0.25, -0.2) is 18.0 Å². The van der Waals surface area contributed by atoms with E-state index in [9.17, 15) is 32.7 Å². The number of unbranched alkanes of at least 4 members (excludes halogenated alkanes) is 3. The van der Waals surface area contributed by atoms with E-state index in [1.807, 2.05) is 32.9 Å². The fourth-order valence-corrected chi connectivity index (χ4v) is 6.70. The number of likely N-dealkylation sites (N-methyl/N-ethyl adjacent to an activating group) is 2. The van der Waals surface area contributed by atoms with Crippen LogP contribution in [0.5, 0.6) is 0 Å². The predicted octanol–water partition coefficient (Wildman–Crippen LogP) is 3.70.